The lowest BCUT2D eigenvalue weighted by Crippen LogP contribution is -2.22. The van der Waals surface area contributed by atoms with E-state index in [9.17, 15) is 4.79 Å². The van der Waals surface area contributed by atoms with Crippen molar-refractivity contribution < 1.29 is 4.79 Å². The molecule has 0 bridgehead atoms. The Labute approximate surface area is 83.5 Å². The molecule has 14 heavy (non-hydrogen) atoms. The van der Waals surface area contributed by atoms with Gasteiger partial charge in [-0.15, -0.1) is 0 Å². The Morgan fingerprint density at radius 3 is 3.14 bits per heavy atom. The summed E-state index contributed by atoms with van der Waals surface area (Å²) in [6.07, 6.45) is 2.21. The van der Waals surface area contributed by atoms with Gasteiger partial charge in [-0.05, 0) is 24.5 Å². The molecule has 1 aliphatic heterocycles. The molecule has 1 heterocycles. The van der Waals surface area contributed by atoms with Crippen LogP contribution >= 0.6 is 0 Å². The number of rotatable bonds is 1. The van der Waals surface area contributed by atoms with Gasteiger partial charge in [-0.25, -0.2) is 0 Å². The summed E-state index contributed by atoms with van der Waals surface area (Å²) in [4.78, 5) is 11.5. The van der Waals surface area contributed by atoms with Crippen LogP contribution in [0.1, 0.15) is 22.3 Å². The largest absolute Gasteiger partial charge is 0.384 e. The predicted octanol–water partition coefficient (Wildman–Crippen LogP) is 1.40. The van der Waals surface area contributed by atoms with Gasteiger partial charge in [0.1, 0.15) is 0 Å². The first-order valence-electron chi connectivity index (χ1n) is 4.91. The number of carbonyl (C=O) groups is 1. The molecule has 2 N–H and O–H groups in total. The Bertz CT molecular complexity index is 360. The van der Waals surface area contributed by atoms with Crippen LogP contribution in [-0.4, -0.2) is 19.5 Å². The number of amides is 1. The van der Waals surface area contributed by atoms with Gasteiger partial charge in [0.05, 0.1) is 11.3 Å². The van der Waals surface area contributed by atoms with Crippen molar-refractivity contribution in [2.75, 3.05) is 18.9 Å². The molecule has 1 amide bonds. The summed E-state index contributed by atoms with van der Waals surface area (Å²) in [5, 5.41) is 5.94. The first-order chi connectivity index (χ1) is 6.83. The van der Waals surface area contributed by atoms with Crippen molar-refractivity contribution in [2.45, 2.75) is 12.8 Å². The lowest BCUT2D eigenvalue weighted by molar-refractivity contribution is 0.0963. The quantitative estimate of drug-likeness (QED) is 0.703. The number of anilines is 1. The standard InChI is InChI=1S/C11H14N2O/c1-12-11(14)9-6-2-4-8-5-3-7-13-10(8)9/h2,4,6,13H,3,5,7H2,1H3,(H,12,14). The highest BCUT2D eigenvalue weighted by atomic mass is 16.1. The number of aryl methyl sites for hydroxylation is 1. The van der Waals surface area contributed by atoms with Gasteiger partial charge in [-0.1, -0.05) is 12.1 Å². The molecular weight excluding hydrogens is 176 g/mol. The van der Waals surface area contributed by atoms with Crippen molar-refractivity contribution in [2.24, 2.45) is 0 Å². The maximum atomic E-state index is 11.5. The van der Waals surface area contributed by atoms with Crippen LogP contribution in [0, 0.1) is 0 Å². The van der Waals surface area contributed by atoms with Crippen LogP contribution in [0.2, 0.25) is 0 Å². The number of nitrogens with one attached hydrogen (secondary N) is 2. The summed E-state index contributed by atoms with van der Waals surface area (Å²) in [5.74, 6) is -0.0174. The summed E-state index contributed by atoms with van der Waals surface area (Å²) in [6, 6.07) is 5.88. The van der Waals surface area contributed by atoms with Gasteiger partial charge >= 0.3 is 0 Å². The summed E-state index contributed by atoms with van der Waals surface area (Å²) < 4.78 is 0. The second kappa shape index (κ2) is 3.70. The molecule has 3 nitrogen and oxygen atoms in total. The Morgan fingerprint density at radius 2 is 2.36 bits per heavy atom. The van der Waals surface area contributed by atoms with Gasteiger partial charge in [0.15, 0.2) is 0 Å². The van der Waals surface area contributed by atoms with E-state index < -0.39 is 0 Å². The number of para-hydroxylation sites is 1. The van der Waals surface area contributed by atoms with E-state index in [0.29, 0.717) is 0 Å². The Morgan fingerprint density at radius 1 is 1.50 bits per heavy atom. The van der Waals surface area contributed by atoms with Crippen molar-refractivity contribution in [3.05, 3.63) is 29.3 Å². The summed E-state index contributed by atoms with van der Waals surface area (Å²) in [7, 11) is 1.66. The number of fused-ring (bicyclic) bond motifs is 1. The van der Waals surface area contributed by atoms with Gasteiger partial charge < -0.3 is 10.6 Å². The molecule has 0 unspecified atom stereocenters. The fourth-order valence-electron chi connectivity index (χ4n) is 1.83. The van der Waals surface area contributed by atoms with Crippen LogP contribution < -0.4 is 10.6 Å². The molecule has 74 valence electrons. The predicted molar refractivity (Wildman–Crippen MR) is 56.6 cm³/mol. The third-order valence-corrected chi connectivity index (χ3v) is 2.55. The molecule has 0 radical (unpaired) electrons. The zero-order chi connectivity index (χ0) is 9.97. The van der Waals surface area contributed by atoms with E-state index >= 15 is 0 Å². The summed E-state index contributed by atoms with van der Waals surface area (Å²) in [6.45, 7) is 0.959. The van der Waals surface area contributed by atoms with E-state index in [1.54, 1.807) is 7.05 Å². The van der Waals surface area contributed by atoms with Gasteiger partial charge in [0.25, 0.3) is 5.91 Å². The minimum atomic E-state index is -0.0174. The highest BCUT2D eigenvalue weighted by Gasteiger charge is 2.15. The second-order valence-electron chi connectivity index (χ2n) is 3.45. The minimum Gasteiger partial charge on any atom is -0.384 e. The minimum absolute atomic E-state index is 0.0174. The van der Waals surface area contributed by atoms with Crippen LogP contribution in [0.4, 0.5) is 5.69 Å². The van der Waals surface area contributed by atoms with Gasteiger partial charge in [-0.2, -0.15) is 0 Å². The van der Waals surface area contributed by atoms with E-state index in [4.69, 9.17) is 0 Å². The van der Waals surface area contributed by atoms with E-state index in [2.05, 4.69) is 16.7 Å². The molecule has 0 saturated carbocycles. The first-order valence-corrected chi connectivity index (χ1v) is 4.91. The molecule has 3 heteroatoms. The molecule has 1 aliphatic rings. The number of benzene rings is 1. The molecule has 0 aromatic heterocycles. The zero-order valence-electron chi connectivity index (χ0n) is 8.26. The van der Waals surface area contributed by atoms with E-state index in [1.807, 2.05) is 12.1 Å². The molecule has 0 fully saturated rings. The fraction of sp³-hybridized carbons (Fsp3) is 0.364. The van der Waals surface area contributed by atoms with Gasteiger partial charge in [-0.3, -0.25) is 4.79 Å². The Balaban J connectivity index is 2.45. The third kappa shape index (κ3) is 1.45. The van der Waals surface area contributed by atoms with Crippen molar-refractivity contribution in [1.29, 1.82) is 0 Å². The zero-order valence-corrected chi connectivity index (χ0v) is 8.26. The number of hydrogen-bond donors (Lipinski definition) is 2. The maximum Gasteiger partial charge on any atom is 0.253 e. The monoisotopic (exact) mass is 190 g/mol. The van der Waals surface area contributed by atoms with Crippen molar-refractivity contribution >= 4 is 11.6 Å². The summed E-state index contributed by atoms with van der Waals surface area (Å²) in [5.41, 5.74) is 3.01. The molecular formula is C11H14N2O. The van der Waals surface area contributed by atoms with Crippen LogP contribution in [0.25, 0.3) is 0 Å². The maximum absolute atomic E-state index is 11.5. The molecule has 0 aliphatic carbocycles. The smallest absolute Gasteiger partial charge is 0.253 e. The number of hydrogen-bond acceptors (Lipinski definition) is 2. The van der Waals surface area contributed by atoms with Crippen LogP contribution in [0.5, 0.6) is 0 Å². The molecule has 0 atom stereocenters. The molecule has 1 aromatic rings. The van der Waals surface area contributed by atoms with Gasteiger partial charge in [0, 0.05) is 13.6 Å². The Kier molecular flexibility index (Phi) is 2.39. The highest BCUT2D eigenvalue weighted by molar-refractivity contribution is 6.00. The molecule has 2 rings (SSSR count). The highest BCUT2D eigenvalue weighted by Crippen LogP contribution is 2.25. The summed E-state index contributed by atoms with van der Waals surface area (Å²) >= 11 is 0. The van der Waals surface area contributed by atoms with E-state index in [-0.39, 0.29) is 5.91 Å². The molecule has 0 saturated heterocycles. The second-order valence-corrected chi connectivity index (χ2v) is 3.45. The lowest BCUT2D eigenvalue weighted by Gasteiger charge is -2.20. The number of carbonyl (C=O) groups excluding carboxylic acids is 1. The van der Waals surface area contributed by atoms with Crippen molar-refractivity contribution in [3.63, 3.8) is 0 Å². The average Bonchev–Trinajstić information content (AvgIpc) is 2.27. The van der Waals surface area contributed by atoms with Crippen molar-refractivity contribution in [3.8, 4) is 0 Å². The van der Waals surface area contributed by atoms with Crippen molar-refractivity contribution in [1.82, 2.24) is 5.32 Å². The normalized spacial score (nSPS) is 14.1. The van der Waals surface area contributed by atoms with Crippen LogP contribution in [0.15, 0.2) is 18.2 Å². The van der Waals surface area contributed by atoms with Gasteiger partial charge in [0.2, 0.25) is 0 Å². The molecule has 0 spiro atoms. The fourth-order valence-corrected chi connectivity index (χ4v) is 1.83. The van der Waals surface area contributed by atoms with Crippen LogP contribution in [-0.2, 0) is 6.42 Å². The topological polar surface area (TPSA) is 41.1 Å². The third-order valence-electron chi connectivity index (χ3n) is 2.55. The molecule has 1 aromatic carbocycles. The SMILES string of the molecule is CNC(=O)c1cccc2c1NCCC2. The Hall–Kier alpha value is -1.51. The average molecular weight is 190 g/mol. The van der Waals surface area contributed by atoms with E-state index in [0.717, 1.165) is 30.6 Å². The van der Waals surface area contributed by atoms with Crippen LogP contribution in [0.3, 0.4) is 0 Å². The lowest BCUT2D eigenvalue weighted by atomic mass is 9.99. The van der Waals surface area contributed by atoms with E-state index in [1.165, 1.54) is 5.56 Å². The first kappa shape index (κ1) is 9.06.